The SMILES string of the molecule is Cc1ccc(C(CNc2cc(N3CCCC3CO)ncn2)N2CCCC2)cc1. The van der Waals surface area contributed by atoms with Crippen LogP contribution >= 0.6 is 0 Å². The van der Waals surface area contributed by atoms with E-state index in [4.69, 9.17) is 0 Å². The van der Waals surface area contributed by atoms with Crippen molar-refractivity contribution in [3.05, 3.63) is 47.8 Å². The minimum absolute atomic E-state index is 0.174. The van der Waals surface area contributed by atoms with Gasteiger partial charge in [0, 0.05) is 19.2 Å². The van der Waals surface area contributed by atoms with Crippen molar-refractivity contribution in [1.29, 1.82) is 0 Å². The first-order valence-electron chi connectivity index (χ1n) is 10.5. The molecule has 2 aliphatic heterocycles. The number of rotatable bonds is 7. The van der Waals surface area contributed by atoms with E-state index in [0.29, 0.717) is 6.04 Å². The van der Waals surface area contributed by atoms with E-state index in [0.717, 1.165) is 50.7 Å². The van der Waals surface area contributed by atoms with Gasteiger partial charge in [-0.1, -0.05) is 29.8 Å². The Labute approximate surface area is 167 Å². The standard InChI is InChI=1S/C22H31N5O/c1-17-6-8-18(9-7-17)20(26-10-2-3-11-26)14-23-21-13-22(25-16-24-21)27-12-4-5-19(27)15-28/h6-9,13,16,19-20,28H,2-5,10-12,14-15H2,1H3,(H,23,24,25). The molecule has 2 aromatic rings. The van der Waals surface area contributed by atoms with Gasteiger partial charge in [-0.3, -0.25) is 4.90 Å². The van der Waals surface area contributed by atoms with Gasteiger partial charge in [-0.25, -0.2) is 9.97 Å². The van der Waals surface area contributed by atoms with Crippen molar-refractivity contribution in [1.82, 2.24) is 14.9 Å². The molecule has 1 aromatic heterocycles. The van der Waals surface area contributed by atoms with Crippen molar-refractivity contribution in [2.24, 2.45) is 0 Å². The van der Waals surface area contributed by atoms with Crippen LogP contribution in [0.2, 0.25) is 0 Å². The number of aromatic nitrogens is 2. The fraction of sp³-hybridized carbons (Fsp3) is 0.545. The molecule has 2 fully saturated rings. The van der Waals surface area contributed by atoms with E-state index in [1.807, 2.05) is 6.07 Å². The van der Waals surface area contributed by atoms with Crippen LogP contribution in [0.3, 0.4) is 0 Å². The summed E-state index contributed by atoms with van der Waals surface area (Å²) in [7, 11) is 0. The summed E-state index contributed by atoms with van der Waals surface area (Å²) in [6, 6.07) is 11.4. The van der Waals surface area contributed by atoms with Gasteiger partial charge in [-0.05, 0) is 51.3 Å². The van der Waals surface area contributed by atoms with Crippen molar-refractivity contribution < 1.29 is 5.11 Å². The van der Waals surface area contributed by atoms with Crippen LogP contribution in [0.5, 0.6) is 0 Å². The highest BCUT2D eigenvalue weighted by Gasteiger charge is 2.26. The first-order valence-corrected chi connectivity index (χ1v) is 10.5. The lowest BCUT2D eigenvalue weighted by molar-refractivity contribution is 0.256. The smallest absolute Gasteiger partial charge is 0.134 e. The van der Waals surface area contributed by atoms with E-state index >= 15 is 0 Å². The summed E-state index contributed by atoms with van der Waals surface area (Å²) < 4.78 is 0. The summed E-state index contributed by atoms with van der Waals surface area (Å²) in [5, 5.41) is 13.2. The number of hydrogen-bond donors (Lipinski definition) is 2. The van der Waals surface area contributed by atoms with Crippen LogP contribution in [-0.4, -0.2) is 58.8 Å². The molecule has 0 radical (unpaired) electrons. The van der Waals surface area contributed by atoms with Crippen LogP contribution in [0.25, 0.3) is 0 Å². The van der Waals surface area contributed by atoms with E-state index in [-0.39, 0.29) is 12.6 Å². The van der Waals surface area contributed by atoms with E-state index in [2.05, 4.69) is 56.3 Å². The second-order valence-electron chi connectivity index (χ2n) is 7.98. The van der Waals surface area contributed by atoms with E-state index < -0.39 is 0 Å². The van der Waals surface area contributed by atoms with Crippen LogP contribution in [0, 0.1) is 6.92 Å². The third-order valence-electron chi connectivity index (χ3n) is 6.05. The van der Waals surface area contributed by atoms with E-state index in [9.17, 15) is 5.11 Å². The summed E-state index contributed by atoms with van der Waals surface area (Å²) in [6.45, 7) is 6.39. The largest absolute Gasteiger partial charge is 0.394 e. The minimum Gasteiger partial charge on any atom is -0.394 e. The Hall–Kier alpha value is -2.18. The van der Waals surface area contributed by atoms with Gasteiger partial charge in [0.2, 0.25) is 0 Å². The van der Waals surface area contributed by atoms with E-state index in [1.54, 1.807) is 6.33 Å². The van der Waals surface area contributed by atoms with Crippen LogP contribution in [-0.2, 0) is 0 Å². The molecule has 0 amide bonds. The summed E-state index contributed by atoms with van der Waals surface area (Å²) in [5.41, 5.74) is 2.65. The van der Waals surface area contributed by atoms with Crippen molar-refractivity contribution in [3.8, 4) is 0 Å². The number of aliphatic hydroxyl groups is 1. The average Bonchev–Trinajstić information content (AvgIpc) is 3.42. The molecule has 4 rings (SSSR count). The van der Waals surface area contributed by atoms with Gasteiger partial charge < -0.3 is 15.3 Å². The summed E-state index contributed by atoms with van der Waals surface area (Å²) in [6.07, 6.45) is 6.30. The molecule has 2 saturated heterocycles. The Kier molecular flexibility index (Phi) is 6.07. The Bertz CT molecular complexity index is 760. The number of aryl methyl sites for hydroxylation is 1. The Morgan fingerprint density at radius 1 is 1.11 bits per heavy atom. The number of aliphatic hydroxyl groups excluding tert-OH is 1. The predicted octanol–water partition coefficient (Wildman–Crippen LogP) is 3.00. The van der Waals surface area contributed by atoms with Gasteiger partial charge in [0.25, 0.3) is 0 Å². The van der Waals surface area contributed by atoms with Crippen LogP contribution in [0.4, 0.5) is 11.6 Å². The summed E-state index contributed by atoms with van der Waals surface area (Å²) in [4.78, 5) is 13.7. The van der Waals surface area contributed by atoms with Gasteiger partial charge in [0.05, 0.1) is 18.7 Å². The first-order chi connectivity index (χ1) is 13.7. The van der Waals surface area contributed by atoms with Gasteiger partial charge in [-0.15, -0.1) is 0 Å². The van der Waals surface area contributed by atoms with Crippen molar-refractivity contribution in [2.45, 2.75) is 44.7 Å². The lowest BCUT2D eigenvalue weighted by Gasteiger charge is -2.29. The molecule has 28 heavy (non-hydrogen) atoms. The normalized spacial score (nSPS) is 21.2. The molecule has 6 nitrogen and oxygen atoms in total. The number of benzene rings is 1. The highest BCUT2D eigenvalue weighted by atomic mass is 16.3. The molecule has 2 N–H and O–H groups in total. The highest BCUT2D eigenvalue weighted by Crippen LogP contribution is 2.27. The molecule has 2 aliphatic rings. The second kappa shape index (κ2) is 8.88. The lowest BCUT2D eigenvalue weighted by atomic mass is 10.0. The first kappa shape index (κ1) is 19.2. The zero-order chi connectivity index (χ0) is 19.3. The van der Waals surface area contributed by atoms with Crippen molar-refractivity contribution in [2.75, 3.05) is 43.0 Å². The number of likely N-dealkylation sites (tertiary alicyclic amines) is 1. The number of nitrogens with zero attached hydrogens (tertiary/aromatic N) is 4. The summed E-state index contributed by atoms with van der Waals surface area (Å²) >= 11 is 0. The molecular formula is C22H31N5O. The molecule has 0 saturated carbocycles. The van der Waals surface area contributed by atoms with Gasteiger partial charge in [0.1, 0.15) is 18.0 Å². The van der Waals surface area contributed by atoms with Crippen molar-refractivity contribution >= 4 is 11.6 Å². The highest BCUT2D eigenvalue weighted by molar-refractivity contribution is 5.50. The Morgan fingerprint density at radius 3 is 2.64 bits per heavy atom. The zero-order valence-corrected chi connectivity index (χ0v) is 16.7. The van der Waals surface area contributed by atoms with Crippen molar-refractivity contribution in [3.63, 3.8) is 0 Å². The van der Waals surface area contributed by atoms with Crippen LogP contribution in [0.1, 0.15) is 42.9 Å². The number of anilines is 2. The number of nitrogens with one attached hydrogen (secondary N) is 1. The summed E-state index contributed by atoms with van der Waals surface area (Å²) in [5.74, 6) is 1.76. The molecule has 6 heteroatoms. The molecular weight excluding hydrogens is 350 g/mol. The average molecular weight is 382 g/mol. The third-order valence-corrected chi connectivity index (χ3v) is 6.05. The third kappa shape index (κ3) is 4.28. The maximum atomic E-state index is 9.60. The molecule has 0 aliphatic carbocycles. The molecule has 1 aromatic carbocycles. The monoisotopic (exact) mass is 381 g/mol. The topological polar surface area (TPSA) is 64.5 Å². The van der Waals surface area contributed by atoms with Crippen LogP contribution < -0.4 is 10.2 Å². The quantitative estimate of drug-likeness (QED) is 0.769. The van der Waals surface area contributed by atoms with E-state index in [1.165, 1.54) is 24.0 Å². The fourth-order valence-corrected chi connectivity index (χ4v) is 4.43. The van der Waals surface area contributed by atoms with Crippen LogP contribution in [0.15, 0.2) is 36.7 Å². The zero-order valence-electron chi connectivity index (χ0n) is 16.7. The van der Waals surface area contributed by atoms with Gasteiger partial charge in [-0.2, -0.15) is 0 Å². The fourth-order valence-electron chi connectivity index (χ4n) is 4.43. The predicted molar refractivity (Wildman–Crippen MR) is 113 cm³/mol. The van der Waals surface area contributed by atoms with Gasteiger partial charge >= 0.3 is 0 Å². The maximum Gasteiger partial charge on any atom is 0.134 e. The molecule has 0 bridgehead atoms. The molecule has 2 atom stereocenters. The Balaban J connectivity index is 1.48. The molecule has 0 spiro atoms. The van der Waals surface area contributed by atoms with Gasteiger partial charge in [0.15, 0.2) is 0 Å². The number of hydrogen-bond acceptors (Lipinski definition) is 6. The molecule has 150 valence electrons. The molecule has 2 unspecified atom stereocenters. The lowest BCUT2D eigenvalue weighted by Crippen LogP contribution is -2.33. The molecule has 3 heterocycles. The Morgan fingerprint density at radius 2 is 1.89 bits per heavy atom. The second-order valence-corrected chi connectivity index (χ2v) is 7.98. The minimum atomic E-state index is 0.174. The maximum absolute atomic E-state index is 9.60.